The van der Waals surface area contributed by atoms with E-state index in [1.807, 2.05) is 24.3 Å². The number of ether oxygens (including phenoxy) is 4. The molecule has 1 unspecified atom stereocenters. The van der Waals surface area contributed by atoms with E-state index >= 15 is 0 Å². The van der Waals surface area contributed by atoms with Gasteiger partial charge in [-0.3, -0.25) is 0 Å². The third kappa shape index (κ3) is 2.92. The van der Waals surface area contributed by atoms with Crippen LogP contribution in [0.25, 0.3) is 0 Å². The highest BCUT2D eigenvalue weighted by molar-refractivity contribution is 5.45. The minimum atomic E-state index is 0.206. The molecule has 2 aromatic rings. The molecule has 0 amide bonds. The molecule has 0 bridgehead atoms. The lowest BCUT2D eigenvalue weighted by Gasteiger charge is -2.20. The van der Waals surface area contributed by atoms with E-state index in [1.54, 1.807) is 0 Å². The molecule has 2 aliphatic heterocycles. The Morgan fingerprint density at radius 3 is 2.48 bits per heavy atom. The summed E-state index contributed by atoms with van der Waals surface area (Å²) in [5, 5.41) is 3.52. The Balaban J connectivity index is 1.42. The van der Waals surface area contributed by atoms with Crippen molar-refractivity contribution in [3.05, 3.63) is 47.5 Å². The summed E-state index contributed by atoms with van der Waals surface area (Å²) in [4.78, 5) is 0. The van der Waals surface area contributed by atoms with E-state index < -0.39 is 0 Å². The van der Waals surface area contributed by atoms with Gasteiger partial charge >= 0.3 is 0 Å². The molecule has 2 aliphatic rings. The Labute approximate surface area is 135 Å². The monoisotopic (exact) mass is 313 g/mol. The molecule has 0 aliphatic carbocycles. The van der Waals surface area contributed by atoms with Gasteiger partial charge in [0.05, 0.1) is 0 Å². The summed E-state index contributed by atoms with van der Waals surface area (Å²) < 4.78 is 21.9. The predicted molar refractivity (Wildman–Crippen MR) is 85.3 cm³/mol. The molecule has 0 spiro atoms. The number of rotatable bonds is 4. The largest absolute Gasteiger partial charge is 0.486 e. The number of benzene rings is 2. The lowest BCUT2D eigenvalue weighted by atomic mass is 10.1. The fraction of sp³-hybridized carbons (Fsp3) is 0.333. The molecule has 120 valence electrons. The summed E-state index contributed by atoms with van der Waals surface area (Å²) in [6.07, 6.45) is 0. The highest BCUT2D eigenvalue weighted by Crippen LogP contribution is 2.34. The van der Waals surface area contributed by atoms with E-state index in [1.165, 1.54) is 11.1 Å². The minimum Gasteiger partial charge on any atom is -0.486 e. The van der Waals surface area contributed by atoms with E-state index in [2.05, 4.69) is 24.4 Å². The average Bonchev–Trinajstić information content (AvgIpc) is 3.07. The zero-order valence-corrected chi connectivity index (χ0v) is 13.0. The van der Waals surface area contributed by atoms with Crippen LogP contribution < -0.4 is 24.3 Å². The van der Waals surface area contributed by atoms with Crippen LogP contribution in [-0.4, -0.2) is 20.0 Å². The van der Waals surface area contributed by atoms with Gasteiger partial charge in [0.25, 0.3) is 0 Å². The second-order valence-electron chi connectivity index (χ2n) is 5.69. The van der Waals surface area contributed by atoms with Crippen LogP contribution in [0.1, 0.15) is 24.1 Å². The molecule has 0 aromatic heterocycles. The number of hydrogen-bond acceptors (Lipinski definition) is 5. The third-order valence-corrected chi connectivity index (χ3v) is 4.12. The van der Waals surface area contributed by atoms with Gasteiger partial charge in [0, 0.05) is 12.6 Å². The molecule has 0 fully saturated rings. The Morgan fingerprint density at radius 1 is 0.870 bits per heavy atom. The standard InChI is InChI=1S/C18H19NO4/c1-12(14-3-5-16-18(9-14)23-11-22-16)19-10-13-2-4-15-17(8-13)21-7-6-20-15/h2-5,8-9,12,19H,6-7,10-11H2,1H3. The molecular weight excluding hydrogens is 294 g/mol. The molecule has 1 atom stereocenters. The van der Waals surface area contributed by atoms with Gasteiger partial charge in [-0.05, 0) is 42.3 Å². The van der Waals surface area contributed by atoms with Crippen LogP contribution in [0.2, 0.25) is 0 Å². The Kier molecular flexibility index (Phi) is 3.71. The van der Waals surface area contributed by atoms with Crippen molar-refractivity contribution in [2.24, 2.45) is 0 Å². The van der Waals surface area contributed by atoms with Crippen LogP contribution in [-0.2, 0) is 6.54 Å². The van der Waals surface area contributed by atoms with Crippen molar-refractivity contribution < 1.29 is 18.9 Å². The average molecular weight is 313 g/mol. The number of nitrogens with one attached hydrogen (secondary N) is 1. The van der Waals surface area contributed by atoms with Gasteiger partial charge < -0.3 is 24.3 Å². The van der Waals surface area contributed by atoms with Crippen molar-refractivity contribution in [1.82, 2.24) is 5.32 Å². The van der Waals surface area contributed by atoms with Crippen LogP contribution in [0, 0.1) is 0 Å². The van der Waals surface area contributed by atoms with Gasteiger partial charge in [0.15, 0.2) is 23.0 Å². The molecule has 0 saturated heterocycles. The van der Waals surface area contributed by atoms with Crippen LogP contribution >= 0.6 is 0 Å². The zero-order chi connectivity index (χ0) is 15.6. The molecule has 23 heavy (non-hydrogen) atoms. The molecular formula is C18H19NO4. The summed E-state index contributed by atoms with van der Waals surface area (Å²) in [5.74, 6) is 3.28. The van der Waals surface area contributed by atoms with E-state index in [0.29, 0.717) is 20.0 Å². The highest BCUT2D eigenvalue weighted by Gasteiger charge is 2.16. The molecule has 5 heteroatoms. The maximum atomic E-state index is 5.62. The number of hydrogen-bond donors (Lipinski definition) is 1. The van der Waals surface area contributed by atoms with Crippen LogP contribution in [0.3, 0.4) is 0 Å². The Hall–Kier alpha value is -2.40. The van der Waals surface area contributed by atoms with E-state index in [4.69, 9.17) is 18.9 Å². The van der Waals surface area contributed by atoms with Crippen molar-refractivity contribution in [2.75, 3.05) is 20.0 Å². The molecule has 2 heterocycles. The molecule has 0 radical (unpaired) electrons. The first-order valence-corrected chi connectivity index (χ1v) is 7.81. The van der Waals surface area contributed by atoms with Crippen molar-refractivity contribution in [3.8, 4) is 23.0 Å². The molecule has 1 N–H and O–H groups in total. The smallest absolute Gasteiger partial charge is 0.231 e. The molecule has 2 aromatic carbocycles. The first kappa shape index (κ1) is 14.2. The van der Waals surface area contributed by atoms with E-state index in [9.17, 15) is 0 Å². The molecule has 5 nitrogen and oxygen atoms in total. The van der Waals surface area contributed by atoms with Crippen LogP contribution in [0.4, 0.5) is 0 Å². The first-order valence-electron chi connectivity index (χ1n) is 7.81. The highest BCUT2D eigenvalue weighted by atomic mass is 16.7. The normalized spacial score (nSPS) is 16.2. The zero-order valence-electron chi connectivity index (χ0n) is 13.0. The van der Waals surface area contributed by atoms with Crippen molar-refractivity contribution in [1.29, 1.82) is 0 Å². The maximum Gasteiger partial charge on any atom is 0.231 e. The van der Waals surface area contributed by atoms with Gasteiger partial charge in [-0.2, -0.15) is 0 Å². The van der Waals surface area contributed by atoms with E-state index in [0.717, 1.165) is 29.5 Å². The Bertz CT molecular complexity index is 716. The van der Waals surface area contributed by atoms with Gasteiger partial charge in [0.1, 0.15) is 13.2 Å². The van der Waals surface area contributed by atoms with Crippen molar-refractivity contribution in [3.63, 3.8) is 0 Å². The van der Waals surface area contributed by atoms with Gasteiger partial charge in [-0.1, -0.05) is 12.1 Å². The van der Waals surface area contributed by atoms with Gasteiger partial charge in [-0.25, -0.2) is 0 Å². The SMILES string of the molecule is CC(NCc1ccc2c(c1)OCCO2)c1ccc2c(c1)OCO2. The number of fused-ring (bicyclic) bond motifs is 2. The molecule has 0 saturated carbocycles. The first-order chi connectivity index (χ1) is 11.3. The van der Waals surface area contributed by atoms with Gasteiger partial charge in [-0.15, -0.1) is 0 Å². The lowest BCUT2D eigenvalue weighted by Crippen LogP contribution is -2.19. The third-order valence-electron chi connectivity index (χ3n) is 4.12. The van der Waals surface area contributed by atoms with Crippen molar-refractivity contribution in [2.45, 2.75) is 19.5 Å². The summed E-state index contributed by atoms with van der Waals surface area (Å²) in [6, 6.07) is 12.3. The quantitative estimate of drug-likeness (QED) is 0.940. The lowest BCUT2D eigenvalue weighted by molar-refractivity contribution is 0.171. The second kappa shape index (κ2) is 6.01. The fourth-order valence-electron chi connectivity index (χ4n) is 2.77. The summed E-state index contributed by atoms with van der Waals surface area (Å²) in [5.41, 5.74) is 2.34. The minimum absolute atomic E-state index is 0.206. The topological polar surface area (TPSA) is 49.0 Å². The Morgan fingerprint density at radius 2 is 1.57 bits per heavy atom. The van der Waals surface area contributed by atoms with Crippen molar-refractivity contribution >= 4 is 0 Å². The van der Waals surface area contributed by atoms with Crippen LogP contribution in [0.5, 0.6) is 23.0 Å². The van der Waals surface area contributed by atoms with Gasteiger partial charge in [0.2, 0.25) is 6.79 Å². The second-order valence-corrected chi connectivity index (χ2v) is 5.69. The maximum absolute atomic E-state index is 5.62. The van der Waals surface area contributed by atoms with E-state index in [-0.39, 0.29) is 6.04 Å². The summed E-state index contributed by atoms with van der Waals surface area (Å²) in [7, 11) is 0. The fourth-order valence-corrected chi connectivity index (χ4v) is 2.77. The summed E-state index contributed by atoms with van der Waals surface area (Å²) >= 11 is 0. The summed E-state index contributed by atoms with van der Waals surface area (Å²) in [6.45, 7) is 4.42. The molecule has 4 rings (SSSR count). The predicted octanol–water partition coefficient (Wildman–Crippen LogP) is 3.04. The van der Waals surface area contributed by atoms with Crippen LogP contribution in [0.15, 0.2) is 36.4 Å².